The first-order chi connectivity index (χ1) is 20.1. The van der Waals surface area contributed by atoms with Gasteiger partial charge in [-0.15, -0.1) is 0 Å². The molecular weight excluding hydrogens is 564 g/mol. The fourth-order valence-electron chi connectivity index (χ4n) is 4.63. The Kier molecular flexibility index (Phi) is 10.3. The number of rotatable bonds is 10. The Hall–Kier alpha value is -3.45. The van der Waals surface area contributed by atoms with Gasteiger partial charge in [-0.25, -0.2) is 0 Å². The van der Waals surface area contributed by atoms with E-state index in [1.807, 2.05) is 0 Å². The standard InChI is InChI=1S/C26H32N2O14/c1-38-14-5-7-15(8-6-14)39-26-22(34)21(33)23(17(11-30)41-26)42-25-20(32)18(19(31)16(10-29)40-25)27-24(35)12-3-2-4-13(9-12)28(36)37/h2-9,16-23,25-26,29-34H,10-11H2,1H3,(H,27,35)/t16-,17-,18+,19+,20-,21-,22-,23+,25-,26-/m1/s1. The van der Waals surface area contributed by atoms with Crippen molar-refractivity contribution in [2.75, 3.05) is 20.3 Å². The molecule has 2 aliphatic rings. The predicted octanol–water partition coefficient (Wildman–Crippen LogP) is -1.96. The molecule has 2 heterocycles. The minimum Gasteiger partial charge on any atom is -0.497 e. The largest absolute Gasteiger partial charge is 0.497 e. The van der Waals surface area contributed by atoms with E-state index in [2.05, 4.69) is 5.32 Å². The molecule has 2 fully saturated rings. The van der Waals surface area contributed by atoms with E-state index in [9.17, 15) is 45.5 Å². The molecule has 0 spiro atoms. The van der Waals surface area contributed by atoms with Gasteiger partial charge in [0.05, 0.1) is 31.3 Å². The fourth-order valence-corrected chi connectivity index (χ4v) is 4.63. The van der Waals surface area contributed by atoms with Gasteiger partial charge >= 0.3 is 0 Å². The zero-order valence-corrected chi connectivity index (χ0v) is 22.2. The highest BCUT2D eigenvalue weighted by Crippen LogP contribution is 2.31. The van der Waals surface area contributed by atoms with Crippen LogP contribution in [0.1, 0.15) is 10.4 Å². The molecule has 2 aromatic rings. The second-order valence-corrected chi connectivity index (χ2v) is 9.61. The number of amides is 1. The number of aliphatic hydroxyl groups excluding tert-OH is 6. The lowest BCUT2D eigenvalue weighted by molar-refractivity contribution is -0.384. The Morgan fingerprint density at radius 2 is 1.55 bits per heavy atom. The fraction of sp³-hybridized carbons (Fsp3) is 0.500. The highest BCUT2D eigenvalue weighted by molar-refractivity contribution is 5.95. The summed E-state index contributed by atoms with van der Waals surface area (Å²) >= 11 is 0. The van der Waals surface area contributed by atoms with E-state index in [0.717, 1.165) is 6.07 Å². The lowest BCUT2D eigenvalue weighted by Gasteiger charge is -2.46. The van der Waals surface area contributed by atoms with Crippen molar-refractivity contribution in [1.82, 2.24) is 5.32 Å². The lowest BCUT2D eigenvalue weighted by atomic mass is 9.94. The van der Waals surface area contributed by atoms with Crippen LogP contribution in [0.25, 0.3) is 0 Å². The van der Waals surface area contributed by atoms with Crippen molar-refractivity contribution in [2.45, 2.75) is 61.3 Å². The van der Waals surface area contributed by atoms with Crippen LogP contribution in [0.15, 0.2) is 48.5 Å². The SMILES string of the molecule is COc1ccc(O[C@@H]2O[C@H](CO)[C@H](O[C@H]3O[C@H](CO)[C@H](O)[C@H](NC(=O)c4cccc([N+](=O)[O-])c4)[C@H]3O)[C@H](O)[C@H]2O)cc1. The highest BCUT2D eigenvalue weighted by Gasteiger charge is 2.51. The third kappa shape index (κ3) is 6.78. The van der Waals surface area contributed by atoms with Crippen molar-refractivity contribution in [1.29, 1.82) is 0 Å². The van der Waals surface area contributed by atoms with E-state index in [0.29, 0.717) is 5.75 Å². The van der Waals surface area contributed by atoms with Crippen LogP contribution in [0, 0.1) is 10.1 Å². The summed E-state index contributed by atoms with van der Waals surface area (Å²) in [6.07, 6.45) is -14.3. The number of aliphatic hydroxyl groups is 6. The summed E-state index contributed by atoms with van der Waals surface area (Å²) in [6, 6.07) is 9.48. The number of ether oxygens (including phenoxy) is 5. The average Bonchev–Trinajstić information content (AvgIpc) is 3.00. The van der Waals surface area contributed by atoms with Crippen molar-refractivity contribution in [3.63, 3.8) is 0 Å². The van der Waals surface area contributed by atoms with Gasteiger partial charge in [0.1, 0.15) is 54.2 Å². The number of methoxy groups -OCH3 is 1. The van der Waals surface area contributed by atoms with Gasteiger partial charge in [-0.1, -0.05) is 6.07 Å². The molecule has 2 aliphatic heterocycles. The molecule has 4 rings (SSSR count). The number of benzene rings is 2. The van der Waals surface area contributed by atoms with Crippen molar-refractivity contribution < 1.29 is 64.0 Å². The number of nitro benzene ring substituents is 1. The molecule has 0 bridgehead atoms. The molecule has 230 valence electrons. The van der Waals surface area contributed by atoms with Gasteiger partial charge in [-0.05, 0) is 30.3 Å². The van der Waals surface area contributed by atoms with E-state index in [1.165, 1.54) is 37.4 Å². The van der Waals surface area contributed by atoms with Gasteiger partial charge in [0.15, 0.2) is 6.29 Å². The summed E-state index contributed by atoms with van der Waals surface area (Å²) in [6.45, 7) is -1.50. The molecule has 10 atom stereocenters. The van der Waals surface area contributed by atoms with Crippen LogP contribution in [-0.2, 0) is 14.2 Å². The highest BCUT2D eigenvalue weighted by atomic mass is 16.7. The third-order valence-corrected chi connectivity index (χ3v) is 6.93. The summed E-state index contributed by atoms with van der Waals surface area (Å²) < 4.78 is 27.5. The molecule has 0 aliphatic carbocycles. The van der Waals surface area contributed by atoms with E-state index >= 15 is 0 Å². The maximum absolute atomic E-state index is 12.8. The number of hydrogen-bond donors (Lipinski definition) is 7. The van der Waals surface area contributed by atoms with Gasteiger partial charge in [0, 0.05) is 17.7 Å². The van der Waals surface area contributed by atoms with Crippen LogP contribution in [0.5, 0.6) is 11.5 Å². The predicted molar refractivity (Wildman–Crippen MR) is 138 cm³/mol. The van der Waals surface area contributed by atoms with Crippen LogP contribution in [-0.4, -0.2) is 123 Å². The summed E-state index contributed by atoms with van der Waals surface area (Å²) in [5, 5.41) is 76.4. The second kappa shape index (κ2) is 13.7. The summed E-state index contributed by atoms with van der Waals surface area (Å²) in [4.78, 5) is 23.2. The summed E-state index contributed by atoms with van der Waals surface area (Å²) in [5.74, 6) is -0.0790. The lowest BCUT2D eigenvalue weighted by Crippen LogP contribution is -2.67. The molecule has 0 saturated carbocycles. The Morgan fingerprint density at radius 3 is 2.17 bits per heavy atom. The third-order valence-electron chi connectivity index (χ3n) is 6.93. The number of non-ortho nitro benzene ring substituents is 1. The van der Waals surface area contributed by atoms with E-state index in [4.69, 9.17) is 23.7 Å². The molecule has 0 radical (unpaired) electrons. The van der Waals surface area contributed by atoms with Crippen LogP contribution in [0.3, 0.4) is 0 Å². The first-order valence-electron chi connectivity index (χ1n) is 12.8. The van der Waals surface area contributed by atoms with E-state index < -0.39 is 85.4 Å². The summed E-state index contributed by atoms with van der Waals surface area (Å²) in [5.41, 5.74) is -0.505. The Bertz CT molecular complexity index is 1210. The molecule has 0 unspecified atom stereocenters. The molecule has 2 saturated heterocycles. The van der Waals surface area contributed by atoms with E-state index in [-0.39, 0.29) is 17.0 Å². The first kappa shape index (κ1) is 31.5. The zero-order chi connectivity index (χ0) is 30.6. The minimum absolute atomic E-state index is 0.143. The zero-order valence-electron chi connectivity index (χ0n) is 22.2. The van der Waals surface area contributed by atoms with Gasteiger partial charge in [-0.3, -0.25) is 14.9 Å². The maximum Gasteiger partial charge on any atom is 0.270 e. The average molecular weight is 597 g/mol. The van der Waals surface area contributed by atoms with E-state index in [1.54, 1.807) is 12.1 Å². The molecule has 7 N–H and O–H groups in total. The monoisotopic (exact) mass is 596 g/mol. The number of hydrogen-bond acceptors (Lipinski definition) is 14. The van der Waals surface area contributed by atoms with Crippen LogP contribution < -0.4 is 14.8 Å². The quantitative estimate of drug-likeness (QED) is 0.116. The van der Waals surface area contributed by atoms with Crippen molar-refractivity contribution >= 4 is 11.6 Å². The molecular formula is C26H32N2O14. The van der Waals surface area contributed by atoms with Crippen LogP contribution >= 0.6 is 0 Å². The summed E-state index contributed by atoms with van der Waals surface area (Å²) in [7, 11) is 1.48. The minimum atomic E-state index is -1.82. The van der Waals surface area contributed by atoms with Gasteiger partial charge in [0.2, 0.25) is 6.29 Å². The smallest absolute Gasteiger partial charge is 0.270 e. The number of nitrogens with one attached hydrogen (secondary N) is 1. The Morgan fingerprint density at radius 1 is 0.905 bits per heavy atom. The van der Waals surface area contributed by atoms with Gasteiger partial charge < -0.3 is 59.6 Å². The first-order valence-corrected chi connectivity index (χ1v) is 12.8. The molecule has 42 heavy (non-hydrogen) atoms. The molecule has 2 aromatic carbocycles. The maximum atomic E-state index is 12.8. The van der Waals surface area contributed by atoms with Gasteiger partial charge in [-0.2, -0.15) is 0 Å². The number of carbonyl (C=O) groups is 1. The Balaban J connectivity index is 1.48. The van der Waals surface area contributed by atoms with Crippen LogP contribution in [0.4, 0.5) is 5.69 Å². The number of nitro groups is 1. The van der Waals surface area contributed by atoms with Crippen LogP contribution in [0.2, 0.25) is 0 Å². The topological polar surface area (TPSA) is 240 Å². The number of nitrogens with zero attached hydrogens (tertiary/aromatic N) is 1. The van der Waals surface area contributed by atoms with Crippen molar-refractivity contribution in [3.8, 4) is 11.5 Å². The molecule has 16 nitrogen and oxygen atoms in total. The van der Waals surface area contributed by atoms with Crippen molar-refractivity contribution in [3.05, 3.63) is 64.2 Å². The second-order valence-electron chi connectivity index (χ2n) is 9.61. The normalized spacial score (nSPS) is 33.0. The van der Waals surface area contributed by atoms with Crippen molar-refractivity contribution in [2.24, 2.45) is 0 Å². The van der Waals surface area contributed by atoms with Gasteiger partial charge in [0.25, 0.3) is 11.6 Å². The Labute approximate surface area is 238 Å². The molecule has 0 aromatic heterocycles. The molecule has 1 amide bonds. The number of carbonyl (C=O) groups excluding carboxylic acids is 1. The molecule has 16 heteroatoms.